The van der Waals surface area contributed by atoms with Gasteiger partial charge in [0.15, 0.2) is 4.96 Å². The quantitative estimate of drug-likeness (QED) is 0.773. The van der Waals surface area contributed by atoms with Gasteiger partial charge in [-0.05, 0) is 0 Å². The summed E-state index contributed by atoms with van der Waals surface area (Å²) in [6, 6.07) is 0. The number of carbonyl (C=O) groups excluding carboxylic acids is 1. The molecule has 2 N–H and O–H groups in total. The molecule has 7 nitrogen and oxygen atoms in total. The van der Waals surface area contributed by atoms with E-state index in [-0.39, 0.29) is 5.56 Å². The van der Waals surface area contributed by atoms with E-state index in [2.05, 4.69) is 10.3 Å². The maximum Gasteiger partial charge on any atom is 0.322 e. The van der Waals surface area contributed by atoms with Gasteiger partial charge in [-0.25, -0.2) is 4.98 Å². The SMILES string of the molecule is O=C(O)CNC(=O)c1cnc2sccn2c1=O. The van der Waals surface area contributed by atoms with Crippen molar-refractivity contribution >= 4 is 28.2 Å². The third-order valence-electron chi connectivity index (χ3n) is 1.99. The highest BCUT2D eigenvalue weighted by molar-refractivity contribution is 7.15. The van der Waals surface area contributed by atoms with Gasteiger partial charge < -0.3 is 10.4 Å². The summed E-state index contributed by atoms with van der Waals surface area (Å²) in [7, 11) is 0. The first-order valence-corrected chi connectivity index (χ1v) is 5.42. The van der Waals surface area contributed by atoms with Crippen molar-refractivity contribution in [2.24, 2.45) is 0 Å². The van der Waals surface area contributed by atoms with E-state index < -0.39 is 24.0 Å². The van der Waals surface area contributed by atoms with Crippen LogP contribution in [0.15, 0.2) is 22.6 Å². The molecule has 0 unspecified atom stereocenters. The van der Waals surface area contributed by atoms with Crippen molar-refractivity contribution < 1.29 is 14.7 Å². The number of carboxylic acid groups (broad SMARTS) is 1. The predicted octanol–water partition coefficient (Wildman–Crippen LogP) is -0.430. The Bertz CT molecular complexity index is 645. The van der Waals surface area contributed by atoms with Crippen molar-refractivity contribution in [1.82, 2.24) is 14.7 Å². The third kappa shape index (κ3) is 2.16. The molecule has 0 saturated carbocycles. The van der Waals surface area contributed by atoms with Crippen LogP contribution < -0.4 is 10.9 Å². The monoisotopic (exact) mass is 253 g/mol. The van der Waals surface area contributed by atoms with Crippen LogP contribution in [0.3, 0.4) is 0 Å². The normalized spacial score (nSPS) is 10.4. The Kier molecular flexibility index (Phi) is 2.88. The number of aliphatic carboxylic acids is 1. The Labute approximate surface area is 98.3 Å². The second-order valence-corrected chi connectivity index (χ2v) is 3.98. The molecule has 0 spiro atoms. The van der Waals surface area contributed by atoms with Crippen LogP contribution in [0.1, 0.15) is 10.4 Å². The highest BCUT2D eigenvalue weighted by Gasteiger charge is 2.14. The van der Waals surface area contributed by atoms with Crippen LogP contribution >= 0.6 is 11.3 Å². The van der Waals surface area contributed by atoms with Gasteiger partial charge in [0, 0.05) is 17.8 Å². The lowest BCUT2D eigenvalue weighted by Crippen LogP contribution is -2.34. The average molecular weight is 253 g/mol. The summed E-state index contributed by atoms with van der Waals surface area (Å²) in [6.45, 7) is -0.537. The van der Waals surface area contributed by atoms with Crippen molar-refractivity contribution in [2.45, 2.75) is 0 Å². The van der Waals surface area contributed by atoms with Gasteiger partial charge in [0.1, 0.15) is 12.1 Å². The molecule has 2 heterocycles. The summed E-state index contributed by atoms with van der Waals surface area (Å²) in [4.78, 5) is 38.0. The highest BCUT2D eigenvalue weighted by Crippen LogP contribution is 2.05. The lowest BCUT2D eigenvalue weighted by Gasteiger charge is -2.01. The smallest absolute Gasteiger partial charge is 0.322 e. The van der Waals surface area contributed by atoms with E-state index in [1.54, 1.807) is 5.38 Å². The number of thiazole rings is 1. The van der Waals surface area contributed by atoms with E-state index >= 15 is 0 Å². The number of carbonyl (C=O) groups is 2. The molecular weight excluding hydrogens is 246 g/mol. The van der Waals surface area contributed by atoms with Gasteiger partial charge >= 0.3 is 5.97 Å². The molecule has 17 heavy (non-hydrogen) atoms. The number of amides is 1. The molecule has 0 aliphatic carbocycles. The minimum Gasteiger partial charge on any atom is -0.480 e. The lowest BCUT2D eigenvalue weighted by atomic mass is 10.3. The first-order valence-electron chi connectivity index (χ1n) is 4.54. The number of rotatable bonds is 3. The number of hydrogen-bond donors (Lipinski definition) is 2. The number of hydrogen-bond acceptors (Lipinski definition) is 5. The summed E-state index contributed by atoms with van der Waals surface area (Å²) >= 11 is 1.27. The third-order valence-corrected chi connectivity index (χ3v) is 2.76. The minimum atomic E-state index is -1.18. The Hall–Kier alpha value is -2.22. The van der Waals surface area contributed by atoms with Crippen LogP contribution in [-0.4, -0.2) is 32.9 Å². The van der Waals surface area contributed by atoms with Crippen LogP contribution in [-0.2, 0) is 4.79 Å². The van der Waals surface area contributed by atoms with Gasteiger partial charge in [0.2, 0.25) is 0 Å². The van der Waals surface area contributed by atoms with Crippen LogP contribution in [0, 0.1) is 0 Å². The van der Waals surface area contributed by atoms with Crippen molar-refractivity contribution in [3.05, 3.63) is 33.7 Å². The summed E-state index contributed by atoms with van der Waals surface area (Å²) in [6.07, 6.45) is 2.65. The molecule has 0 aliphatic rings. The summed E-state index contributed by atoms with van der Waals surface area (Å²) in [5.74, 6) is -1.92. The molecule has 88 valence electrons. The minimum absolute atomic E-state index is 0.179. The first-order chi connectivity index (χ1) is 8.09. The van der Waals surface area contributed by atoms with E-state index in [0.717, 1.165) is 6.20 Å². The zero-order chi connectivity index (χ0) is 12.4. The molecule has 2 rings (SSSR count). The van der Waals surface area contributed by atoms with E-state index in [1.165, 1.54) is 21.9 Å². The zero-order valence-electron chi connectivity index (χ0n) is 8.41. The molecule has 0 radical (unpaired) electrons. The molecule has 0 bridgehead atoms. The molecule has 2 aromatic heterocycles. The largest absolute Gasteiger partial charge is 0.480 e. The number of nitrogens with one attached hydrogen (secondary N) is 1. The second kappa shape index (κ2) is 4.34. The number of carboxylic acids is 1. The second-order valence-electron chi connectivity index (χ2n) is 3.11. The fraction of sp³-hybridized carbons (Fsp3) is 0.111. The fourth-order valence-corrected chi connectivity index (χ4v) is 1.91. The lowest BCUT2D eigenvalue weighted by molar-refractivity contribution is -0.135. The topological polar surface area (TPSA) is 101 Å². The Balaban J connectivity index is 2.35. The number of aromatic nitrogens is 2. The molecule has 0 aromatic carbocycles. The maximum atomic E-state index is 11.8. The average Bonchev–Trinajstić information content (AvgIpc) is 2.75. The highest BCUT2D eigenvalue weighted by atomic mass is 32.1. The standard InChI is InChI=1S/C9H7N3O4S/c13-6(14)4-10-7(15)5-3-11-9-12(8(5)16)1-2-17-9/h1-3H,4H2,(H,10,15)(H,13,14). The summed E-state index contributed by atoms with van der Waals surface area (Å²) < 4.78 is 1.24. The molecular formula is C9H7N3O4S. The van der Waals surface area contributed by atoms with Crippen LogP contribution in [0.25, 0.3) is 4.96 Å². The predicted molar refractivity (Wildman–Crippen MR) is 59.3 cm³/mol. The van der Waals surface area contributed by atoms with Crippen molar-refractivity contribution in [1.29, 1.82) is 0 Å². The van der Waals surface area contributed by atoms with Gasteiger partial charge in [-0.3, -0.25) is 18.8 Å². The molecule has 1 amide bonds. The van der Waals surface area contributed by atoms with Gasteiger partial charge in [-0.2, -0.15) is 0 Å². The van der Waals surface area contributed by atoms with Crippen LogP contribution in [0.5, 0.6) is 0 Å². The molecule has 8 heteroatoms. The van der Waals surface area contributed by atoms with Crippen LogP contribution in [0.4, 0.5) is 0 Å². The number of nitrogens with zero attached hydrogens (tertiary/aromatic N) is 2. The first kappa shape index (κ1) is 11.3. The Morgan fingerprint density at radius 2 is 2.29 bits per heavy atom. The van der Waals surface area contributed by atoms with E-state index in [4.69, 9.17) is 5.11 Å². The fourth-order valence-electron chi connectivity index (χ4n) is 1.23. The summed E-state index contributed by atoms with van der Waals surface area (Å²) in [5, 5.41) is 12.2. The molecule has 2 aromatic rings. The zero-order valence-corrected chi connectivity index (χ0v) is 9.23. The van der Waals surface area contributed by atoms with Gasteiger partial charge in [-0.1, -0.05) is 0 Å². The maximum absolute atomic E-state index is 11.8. The van der Waals surface area contributed by atoms with E-state index in [1.807, 2.05) is 0 Å². The van der Waals surface area contributed by atoms with Gasteiger partial charge in [-0.15, -0.1) is 11.3 Å². The van der Waals surface area contributed by atoms with Crippen molar-refractivity contribution in [2.75, 3.05) is 6.54 Å². The van der Waals surface area contributed by atoms with Gasteiger partial charge in [0.25, 0.3) is 11.5 Å². The molecule has 0 aliphatic heterocycles. The van der Waals surface area contributed by atoms with Crippen molar-refractivity contribution in [3.8, 4) is 0 Å². The summed E-state index contributed by atoms with van der Waals surface area (Å²) in [5.41, 5.74) is -0.693. The van der Waals surface area contributed by atoms with E-state index in [0.29, 0.717) is 4.96 Å². The van der Waals surface area contributed by atoms with Gasteiger partial charge in [0.05, 0.1) is 0 Å². The van der Waals surface area contributed by atoms with Crippen LogP contribution in [0.2, 0.25) is 0 Å². The Morgan fingerprint density at radius 1 is 1.53 bits per heavy atom. The number of fused-ring (bicyclic) bond motifs is 1. The molecule has 0 fully saturated rings. The van der Waals surface area contributed by atoms with Crippen molar-refractivity contribution in [3.63, 3.8) is 0 Å². The molecule has 0 saturated heterocycles. The Morgan fingerprint density at radius 3 is 3.00 bits per heavy atom. The van der Waals surface area contributed by atoms with E-state index in [9.17, 15) is 14.4 Å². The molecule has 0 atom stereocenters.